The Morgan fingerprint density at radius 1 is 1.20 bits per heavy atom. The molecule has 0 aromatic carbocycles. The molecule has 0 aliphatic heterocycles. The lowest BCUT2D eigenvalue weighted by Crippen LogP contribution is -2.23. The summed E-state index contributed by atoms with van der Waals surface area (Å²) in [6.45, 7) is 6.52. The zero-order valence-corrected chi connectivity index (χ0v) is 18.3. The number of hydrogen-bond acceptors (Lipinski definition) is 7. The highest BCUT2D eigenvalue weighted by Gasteiger charge is 2.32. The van der Waals surface area contributed by atoms with E-state index in [0.717, 1.165) is 48.0 Å². The fraction of sp³-hybridized carbons (Fsp3) is 0.500. The molecule has 0 radical (unpaired) electrons. The third kappa shape index (κ3) is 3.84. The SMILES string of the molecule is CCc1cc2cc(-c3c(Cl)nc(N)nc3N[C@@H]3C[C@H](CO)C[C@H]3C)oc2c(CC)n1. The number of nitrogens with one attached hydrogen (secondary N) is 1. The van der Waals surface area contributed by atoms with Crippen molar-refractivity contribution in [3.63, 3.8) is 0 Å². The van der Waals surface area contributed by atoms with Crippen molar-refractivity contribution in [1.29, 1.82) is 0 Å². The number of aromatic nitrogens is 3. The van der Waals surface area contributed by atoms with Gasteiger partial charge in [-0.25, -0.2) is 4.98 Å². The van der Waals surface area contributed by atoms with Gasteiger partial charge in [-0.2, -0.15) is 4.98 Å². The molecular formula is C22H28ClN5O2. The van der Waals surface area contributed by atoms with E-state index in [-0.39, 0.29) is 29.7 Å². The zero-order chi connectivity index (χ0) is 21.4. The quantitative estimate of drug-likeness (QED) is 0.496. The Hall–Kier alpha value is -2.38. The number of furan rings is 1. The first-order chi connectivity index (χ1) is 14.4. The van der Waals surface area contributed by atoms with Crippen LogP contribution in [-0.2, 0) is 12.8 Å². The van der Waals surface area contributed by atoms with Crippen LogP contribution in [-0.4, -0.2) is 32.7 Å². The molecule has 1 aliphatic rings. The van der Waals surface area contributed by atoms with Crippen molar-refractivity contribution in [2.24, 2.45) is 11.8 Å². The molecule has 30 heavy (non-hydrogen) atoms. The van der Waals surface area contributed by atoms with Crippen LogP contribution in [0.5, 0.6) is 0 Å². The highest BCUT2D eigenvalue weighted by molar-refractivity contribution is 6.32. The van der Waals surface area contributed by atoms with Gasteiger partial charge in [0.05, 0.1) is 11.3 Å². The van der Waals surface area contributed by atoms with Crippen molar-refractivity contribution in [1.82, 2.24) is 15.0 Å². The average molecular weight is 430 g/mol. The van der Waals surface area contributed by atoms with E-state index in [1.165, 1.54) is 0 Å². The van der Waals surface area contributed by atoms with Crippen LogP contribution < -0.4 is 11.1 Å². The van der Waals surface area contributed by atoms with E-state index in [1.54, 1.807) is 0 Å². The van der Waals surface area contributed by atoms with E-state index in [0.29, 0.717) is 23.1 Å². The molecule has 0 amide bonds. The highest BCUT2D eigenvalue weighted by atomic mass is 35.5. The van der Waals surface area contributed by atoms with Gasteiger partial charge in [-0.1, -0.05) is 32.4 Å². The molecule has 1 saturated carbocycles. The van der Waals surface area contributed by atoms with E-state index >= 15 is 0 Å². The number of pyridine rings is 1. The number of hydrogen-bond donors (Lipinski definition) is 3. The maximum atomic E-state index is 9.55. The smallest absolute Gasteiger partial charge is 0.223 e. The Balaban J connectivity index is 1.79. The van der Waals surface area contributed by atoms with E-state index in [1.807, 2.05) is 12.1 Å². The summed E-state index contributed by atoms with van der Waals surface area (Å²) in [7, 11) is 0. The molecule has 3 heterocycles. The van der Waals surface area contributed by atoms with Crippen molar-refractivity contribution >= 4 is 34.3 Å². The minimum Gasteiger partial charge on any atom is -0.454 e. The van der Waals surface area contributed by atoms with Gasteiger partial charge in [0.1, 0.15) is 16.7 Å². The number of aryl methyl sites for hydroxylation is 2. The van der Waals surface area contributed by atoms with Crippen LogP contribution in [0, 0.1) is 11.8 Å². The van der Waals surface area contributed by atoms with Gasteiger partial charge in [0.15, 0.2) is 5.58 Å². The van der Waals surface area contributed by atoms with Gasteiger partial charge in [0.2, 0.25) is 5.95 Å². The van der Waals surface area contributed by atoms with Crippen LogP contribution in [0.1, 0.15) is 45.0 Å². The summed E-state index contributed by atoms with van der Waals surface area (Å²) in [6.07, 6.45) is 3.46. The average Bonchev–Trinajstić information content (AvgIpc) is 3.29. The topological polar surface area (TPSA) is 110 Å². The second kappa shape index (κ2) is 8.40. The minimum atomic E-state index is 0.107. The first-order valence-corrected chi connectivity index (χ1v) is 10.9. The lowest BCUT2D eigenvalue weighted by molar-refractivity contribution is 0.226. The first-order valence-electron chi connectivity index (χ1n) is 10.6. The standard InChI is InChI=1S/C22H28ClN5O2/c1-4-14-8-13-9-17(30-19(13)15(5-2)25-14)18-20(23)27-22(24)28-21(18)26-16-7-12(10-29)6-11(16)3/h8-9,11-12,16,29H,4-7,10H2,1-3H3,(H3,24,26,27,28)/t11-,12-,16-/m1/s1. The number of aliphatic hydroxyl groups is 1. The van der Waals surface area contributed by atoms with Crippen LogP contribution in [0.3, 0.4) is 0 Å². The molecular weight excluding hydrogens is 402 g/mol. The third-order valence-electron chi connectivity index (χ3n) is 6.01. The highest BCUT2D eigenvalue weighted by Crippen LogP contribution is 2.40. The molecule has 0 bridgehead atoms. The molecule has 1 aliphatic carbocycles. The first kappa shape index (κ1) is 20.9. The molecule has 0 saturated heterocycles. The normalized spacial score (nSPS) is 21.4. The number of fused-ring (bicyclic) bond motifs is 1. The van der Waals surface area contributed by atoms with Gasteiger partial charge in [-0.05, 0) is 49.7 Å². The summed E-state index contributed by atoms with van der Waals surface area (Å²) in [5, 5.41) is 14.3. The fourth-order valence-electron chi connectivity index (χ4n) is 4.39. The second-order valence-corrected chi connectivity index (χ2v) is 8.50. The summed E-state index contributed by atoms with van der Waals surface area (Å²) < 4.78 is 6.22. The Bertz CT molecular complexity index is 1070. The van der Waals surface area contributed by atoms with Crippen molar-refractivity contribution in [2.45, 2.75) is 52.5 Å². The molecule has 3 atom stereocenters. The number of nitrogens with zero attached hydrogens (tertiary/aromatic N) is 3. The van der Waals surface area contributed by atoms with Gasteiger partial charge in [0.25, 0.3) is 0 Å². The molecule has 4 N–H and O–H groups in total. The van der Waals surface area contributed by atoms with E-state index < -0.39 is 0 Å². The Morgan fingerprint density at radius 2 is 2.00 bits per heavy atom. The number of halogens is 1. The van der Waals surface area contributed by atoms with E-state index in [2.05, 4.69) is 36.1 Å². The van der Waals surface area contributed by atoms with Crippen LogP contribution in [0.25, 0.3) is 22.3 Å². The van der Waals surface area contributed by atoms with Gasteiger partial charge < -0.3 is 20.6 Å². The van der Waals surface area contributed by atoms with Crippen molar-refractivity contribution in [2.75, 3.05) is 17.7 Å². The van der Waals surface area contributed by atoms with E-state index in [9.17, 15) is 5.11 Å². The summed E-state index contributed by atoms with van der Waals surface area (Å²) in [5.74, 6) is 1.93. The van der Waals surface area contributed by atoms with Gasteiger partial charge in [-0.15, -0.1) is 0 Å². The van der Waals surface area contributed by atoms with Crippen molar-refractivity contribution in [3.05, 3.63) is 28.7 Å². The van der Waals surface area contributed by atoms with Gasteiger partial charge in [0, 0.05) is 23.7 Å². The molecule has 160 valence electrons. The molecule has 3 aromatic heterocycles. The number of nitrogens with two attached hydrogens (primary N) is 1. The zero-order valence-electron chi connectivity index (χ0n) is 17.6. The molecule has 0 unspecified atom stereocenters. The monoisotopic (exact) mass is 429 g/mol. The second-order valence-electron chi connectivity index (χ2n) is 8.14. The summed E-state index contributed by atoms with van der Waals surface area (Å²) in [5.41, 5.74) is 9.21. The molecule has 4 rings (SSSR count). The van der Waals surface area contributed by atoms with Gasteiger partial charge >= 0.3 is 0 Å². The Morgan fingerprint density at radius 3 is 2.67 bits per heavy atom. The molecule has 3 aromatic rings. The number of aliphatic hydroxyl groups excluding tert-OH is 1. The Kier molecular flexibility index (Phi) is 5.84. The summed E-state index contributed by atoms with van der Waals surface area (Å²) >= 11 is 6.52. The predicted molar refractivity (Wildman–Crippen MR) is 120 cm³/mol. The molecule has 7 nitrogen and oxygen atoms in total. The number of anilines is 2. The maximum absolute atomic E-state index is 9.55. The third-order valence-corrected chi connectivity index (χ3v) is 6.28. The van der Waals surface area contributed by atoms with Crippen LogP contribution in [0.4, 0.5) is 11.8 Å². The number of nitrogen functional groups attached to an aromatic ring is 1. The predicted octanol–water partition coefficient (Wildman–Crippen LogP) is 4.46. The largest absolute Gasteiger partial charge is 0.454 e. The number of rotatable bonds is 6. The van der Waals surface area contributed by atoms with Crippen molar-refractivity contribution < 1.29 is 9.52 Å². The fourth-order valence-corrected chi connectivity index (χ4v) is 4.66. The maximum Gasteiger partial charge on any atom is 0.223 e. The minimum absolute atomic E-state index is 0.107. The lowest BCUT2D eigenvalue weighted by atomic mass is 10.1. The molecule has 1 fully saturated rings. The van der Waals surface area contributed by atoms with Crippen LogP contribution in [0.15, 0.2) is 16.5 Å². The molecule has 8 heteroatoms. The van der Waals surface area contributed by atoms with Crippen molar-refractivity contribution in [3.8, 4) is 11.3 Å². The van der Waals surface area contributed by atoms with E-state index in [4.69, 9.17) is 26.7 Å². The summed E-state index contributed by atoms with van der Waals surface area (Å²) in [6, 6.07) is 4.18. The van der Waals surface area contributed by atoms with Crippen LogP contribution >= 0.6 is 11.6 Å². The molecule has 0 spiro atoms. The summed E-state index contributed by atoms with van der Waals surface area (Å²) in [4.78, 5) is 13.3. The van der Waals surface area contributed by atoms with Gasteiger partial charge in [-0.3, -0.25) is 4.98 Å². The Labute approximate surface area is 181 Å². The van der Waals surface area contributed by atoms with Crippen LogP contribution in [0.2, 0.25) is 5.15 Å². The lowest BCUT2D eigenvalue weighted by Gasteiger charge is -2.20.